The van der Waals surface area contributed by atoms with E-state index in [4.69, 9.17) is 10.5 Å². The maximum absolute atomic E-state index is 11.4. The predicted molar refractivity (Wildman–Crippen MR) is 59.6 cm³/mol. The van der Waals surface area contributed by atoms with Gasteiger partial charge in [0.25, 0.3) is 0 Å². The molecule has 4 nitrogen and oxygen atoms in total. The summed E-state index contributed by atoms with van der Waals surface area (Å²) >= 11 is 0. The molecule has 1 amide bonds. The Bertz CT molecular complexity index is 189. The molecule has 1 aliphatic rings. The zero-order chi connectivity index (χ0) is 11.1. The number of likely N-dealkylation sites (tertiary alicyclic amines) is 1. The summed E-state index contributed by atoms with van der Waals surface area (Å²) in [6.45, 7) is 4.76. The highest BCUT2D eigenvalue weighted by Crippen LogP contribution is 2.21. The van der Waals surface area contributed by atoms with Crippen molar-refractivity contribution in [2.24, 2.45) is 11.7 Å². The second-order valence-electron chi connectivity index (χ2n) is 4.06. The van der Waals surface area contributed by atoms with Gasteiger partial charge in [-0.05, 0) is 45.1 Å². The first-order valence-electron chi connectivity index (χ1n) is 5.89. The van der Waals surface area contributed by atoms with Gasteiger partial charge in [0.1, 0.15) is 0 Å². The van der Waals surface area contributed by atoms with Crippen molar-refractivity contribution in [3.8, 4) is 0 Å². The SMILES string of the molecule is CCOC(=O)N1CCC(CCCN)CC1. The molecule has 0 aromatic carbocycles. The van der Waals surface area contributed by atoms with E-state index < -0.39 is 0 Å². The highest BCUT2D eigenvalue weighted by Gasteiger charge is 2.22. The number of nitrogens with zero attached hydrogens (tertiary/aromatic N) is 1. The molecular weight excluding hydrogens is 192 g/mol. The molecule has 0 radical (unpaired) electrons. The number of carbonyl (C=O) groups excluding carboxylic acids is 1. The van der Waals surface area contributed by atoms with E-state index in [0.717, 1.165) is 44.8 Å². The monoisotopic (exact) mass is 214 g/mol. The minimum absolute atomic E-state index is 0.158. The molecule has 2 N–H and O–H groups in total. The molecule has 0 bridgehead atoms. The average Bonchev–Trinajstić information content (AvgIpc) is 2.27. The lowest BCUT2D eigenvalue weighted by Gasteiger charge is -2.31. The smallest absolute Gasteiger partial charge is 0.409 e. The van der Waals surface area contributed by atoms with E-state index in [-0.39, 0.29) is 6.09 Å². The van der Waals surface area contributed by atoms with Crippen LogP contribution in [0.1, 0.15) is 32.6 Å². The van der Waals surface area contributed by atoms with E-state index in [2.05, 4.69) is 0 Å². The molecule has 1 aliphatic heterocycles. The number of rotatable bonds is 4. The van der Waals surface area contributed by atoms with Crippen LogP contribution in [0.2, 0.25) is 0 Å². The highest BCUT2D eigenvalue weighted by atomic mass is 16.6. The largest absolute Gasteiger partial charge is 0.450 e. The van der Waals surface area contributed by atoms with Crippen LogP contribution in [-0.2, 0) is 4.74 Å². The van der Waals surface area contributed by atoms with Gasteiger partial charge in [-0.1, -0.05) is 0 Å². The number of amides is 1. The van der Waals surface area contributed by atoms with Gasteiger partial charge in [-0.2, -0.15) is 0 Å². The summed E-state index contributed by atoms with van der Waals surface area (Å²) in [5.41, 5.74) is 5.48. The van der Waals surface area contributed by atoms with Crippen molar-refractivity contribution in [2.75, 3.05) is 26.2 Å². The molecule has 0 aromatic rings. The molecule has 0 spiro atoms. The Labute approximate surface area is 91.8 Å². The fourth-order valence-corrected chi connectivity index (χ4v) is 2.03. The van der Waals surface area contributed by atoms with Crippen LogP contribution in [-0.4, -0.2) is 37.2 Å². The fraction of sp³-hybridized carbons (Fsp3) is 0.909. The summed E-state index contributed by atoms with van der Waals surface area (Å²) in [6, 6.07) is 0. The third-order valence-electron chi connectivity index (χ3n) is 2.96. The lowest BCUT2D eigenvalue weighted by molar-refractivity contribution is 0.0908. The van der Waals surface area contributed by atoms with E-state index >= 15 is 0 Å². The van der Waals surface area contributed by atoms with Crippen molar-refractivity contribution in [1.29, 1.82) is 0 Å². The van der Waals surface area contributed by atoms with Crippen molar-refractivity contribution in [3.63, 3.8) is 0 Å². The highest BCUT2D eigenvalue weighted by molar-refractivity contribution is 5.67. The lowest BCUT2D eigenvalue weighted by atomic mass is 9.92. The first kappa shape index (κ1) is 12.3. The Balaban J connectivity index is 2.20. The molecule has 1 fully saturated rings. The second-order valence-corrected chi connectivity index (χ2v) is 4.06. The molecule has 0 atom stereocenters. The van der Waals surface area contributed by atoms with Crippen molar-refractivity contribution in [3.05, 3.63) is 0 Å². The molecule has 88 valence electrons. The molecule has 0 aliphatic carbocycles. The summed E-state index contributed by atoms with van der Waals surface area (Å²) in [7, 11) is 0. The van der Waals surface area contributed by atoms with Crippen molar-refractivity contribution in [1.82, 2.24) is 4.90 Å². The van der Waals surface area contributed by atoms with Crippen molar-refractivity contribution >= 4 is 6.09 Å². The van der Waals surface area contributed by atoms with Gasteiger partial charge < -0.3 is 15.4 Å². The molecule has 0 saturated carbocycles. The predicted octanol–water partition coefficient (Wildman–Crippen LogP) is 1.59. The van der Waals surface area contributed by atoms with Crippen molar-refractivity contribution < 1.29 is 9.53 Å². The zero-order valence-electron chi connectivity index (χ0n) is 9.58. The van der Waals surface area contributed by atoms with Gasteiger partial charge in [-0.25, -0.2) is 4.79 Å². The standard InChI is InChI=1S/C11H22N2O2/c1-2-15-11(14)13-8-5-10(6-9-13)4-3-7-12/h10H,2-9,12H2,1H3. The molecule has 0 unspecified atom stereocenters. The van der Waals surface area contributed by atoms with Gasteiger partial charge in [-0.3, -0.25) is 0 Å². The Morgan fingerprint density at radius 2 is 2.13 bits per heavy atom. The minimum atomic E-state index is -0.158. The Morgan fingerprint density at radius 3 is 2.67 bits per heavy atom. The van der Waals surface area contributed by atoms with Gasteiger partial charge in [0.15, 0.2) is 0 Å². The second kappa shape index (κ2) is 6.67. The third-order valence-corrected chi connectivity index (χ3v) is 2.96. The third kappa shape index (κ3) is 4.08. The summed E-state index contributed by atoms with van der Waals surface area (Å²) in [6.07, 6.45) is 4.34. The Hall–Kier alpha value is -0.770. The van der Waals surface area contributed by atoms with Crippen LogP contribution in [0, 0.1) is 5.92 Å². The number of carbonyl (C=O) groups is 1. The van der Waals surface area contributed by atoms with E-state index in [0.29, 0.717) is 6.61 Å². The van der Waals surface area contributed by atoms with Crippen LogP contribution >= 0.6 is 0 Å². The van der Waals surface area contributed by atoms with Crippen LogP contribution in [0.4, 0.5) is 4.79 Å². The Morgan fingerprint density at radius 1 is 1.47 bits per heavy atom. The van der Waals surface area contributed by atoms with Crippen LogP contribution < -0.4 is 5.73 Å². The van der Waals surface area contributed by atoms with E-state index in [9.17, 15) is 4.79 Å². The molecule has 1 saturated heterocycles. The number of hydrogen-bond acceptors (Lipinski definition) is 3. The number of nitrogens with two attached hydrogens (primary N) is 1. The first-order chi connectivity index (χ1) is 7.27. The van der Waals surface area contributed by atoms with E-state index in [1.165, 1.54) is 6.42 Å². The minimum Gasteiger partial charge on any atom is -0.450 e. The molecule has 1 rings (SSSR count). The van der Waals surface area contributed by atoms with Gasteiger partial charge in [0.2, 0.25) is 0 Å². The number of hydrogen-bond donors (Lipinski definition) is 1. The summed E-state index contributed by atoms with van der Waals surface area (Å²) in [5, 5.41) is 0. The van der Waals surface area contributed by atoms with Crippen molar-refractivity contribution in [2.45, 2.75) is 32.6 Å². The first-order valence-corrected chi connectivity index (χ1v) is 5.89. The number of ether oxygens (including phenoxy) is 1. The van der Waals surface area contributed by atoms with E-state index in [1.54, 1.807) is 0 Å². The van der Waals surface area contributed by atoms with Gasteiger partial charge in [-0.15, -0.1) is 0 Å². The lowest BCUT2D eigenvalue weighted by Crippen LogP contribution is -2.38. The normalized spacial score (nSPS) is 17.9. The van der Waals surface area contributed by atoms with E-state index in [1.807, 2.05) is 11.8 Å². The van der Waals surface area contributed by atoms with Crippen LogP contribution in [0.25, 0.3) is 0 Å². The molecule has 15 heavy (non-hydrogen) atoms. The molecule has 1 heterocycles. The topological polar surface area (TPSA) is 55.6 Å². The quantitative estimate of drug-likeness (QED) is 0.773. The molecular formula is C11H22N2O2. The van der Waals surface area contributed by atoms with Crippen LogP contribution in [0.5, 0.6) is 0 Å². The summed E-state index contributed by atoms with van der Waals surface area (Å²) in [4.78, 5) is 13.2. The van der Waals surface area contributed by atoms with Gasteiger partial charge in [0, 0.05) is 13.1 Å². The van der Waals surface area contributed by atoms with Crippen LogP contribution in [0.15, 0.2) is 0 Å². The van der Waals surface area contributed by atoms with Crippen LogP contribution in [0.3, 0.4) is 0 Å². The maximum Gasteiger partial charge on any atom is 0.409 e. The average molecular weight is 214 g/mol. The molecule has 4 heteroatoms. The fourth-order valence-electron chi connectivity index (χ4n) is 2.03. The number of piperidine rings is 1. The maximum atomic E-state index is 11.4. The van der Waals surface area contributed by atoms with Gasteiger partial charge in [0.05, 0.1) is 6.61 Å². The van der Waals surface area contributed by atoms with Gasteiger partial charge >= 0.3 is 6.09 Å². The summed E-state index contributed by atoms with van der Waals surface area (Å²) in [5.74, 6) is 0.749. The summed E-state index contributed by atoms with van der Waals surface area (Å²) < 4.78 is 4.96. The molecule has 0 aromatic heterocycles. The zero-order valence-corrected chi connectivity index (χ0v) is 9.58. The Kier molecular flexibility index (Phi) is 5.47.